The maximum atomic E-state index is 6.05. The van der Waals surface area contributed by atoms with Gasteiger partial charge >= 0.3 is 0 Å². The van der Waals surface area contributed by atoms with Crippen LogP contribution in [0.25, 0.3) is 0 Å². The van der Waals surface area contributed by atoms with E-state index in [1.54, 1.807) is 7.05 Å². The molecule has 2 heterocycles. The highest BCUT2D eigenvalue weighted by atomic mass is 127. The lowest BCUT2D eigenvalue weighted by Crippen LogP contribution is -2.37. The monoisotopic (exact) mass is 526 g/mol. The van der Waals surface area contributed by atoms with Gasteiger partial charge in [-0.15, -0.1) is 34.2 Å². The van der Waals surface area contributed by atoms with E-state index < -0.39 is 0 Å². The molecule has 0 fully saturated rings. The van der Waals surface area contributed by atoms with Crippen LogP contribution in [0.1, 0.15) is 61.8 Å². The van der Waals surface area contributed by atoms with Crippen LogP contribution in [-0.2, 0) is 26.1 Å². The van der Waals surface area contributed by atoms with Crippen molar-refractivity contribution in [2.45, 2.75) is 72.0 Å². The first-order valence-corrected chi connectivity index (χ1v) is 10.8. The van der Waals surface area contributed by atoms with Crippen LogP contribution in [0.2, 0.25) is 0 Å². The Morgan fingerprint density at radius 2 is 2.00 bits per heavy atom. The van der Waals surface area contributed by atoms with Crippen molar-refractivity contribution < 1.29 is 4.74 Å². The van der Waals surface area contributed by atoms with Gasteiger partial charge < -0.3 is 19.9 Å². The Labute approximate surface area is 197 Å². The normalized spacial score (nSPS) is 13.4. The fourth-order valence-electron chi connectivity index (χ4n) is 3.54. The number of benzene rings is 1. The molecule has 2 aromatic rings. The second-order valence-electron chi connectivity index (χ2n) is 7.59. The summed E-state index contributed by atoms with van der Waals surface area (Å²) in [6.07, 6.45) is 6.90. The molecule has 8 heteroatoms. The van der Waals surface area contributed by atoms with Crippen LogP contribution >= 0.6 is 24.0 Å². The first-order chi connectivity index (χ1) is 14.2. The first kappa shape index (κ1) is 24.4. The number of aromatic nitrogens is 3. The maximum absolute atomic E-state index is 6.05. The highest BCUT2D eigenvalue weighted by molar-refractivity contribution is 14.0. The summed E-state index contributed by atoms with van der Waals surface area (Å²) >= 11 is 0. The van der Waals surface area contributed by atoms with Crippen LogP contribution in [-0.4, -0.2) is 34.4 Å². The summed E-state index contributed by atoms with van der Waals surface area (Å²) in [5, 5.41) is 15.4. The van der Waals surface area contributed by atoms with Crippen LogP contribution < -0.4 is 15.4 Å². The minimum absolute atomic E-state index is 0. The first-order valence-electron chi connectivity index (χ1n) is 10.8. The fourth-order valence-corrected chi connectivity index (χ4v) is 3.54. The van der Waals surface area contributed by atoms with Crippen molar-refractivity contribution in [1.82, 2.24) is 25.4 Å². The van der Waals surface area contributed by atoms with Gasteiger partial charge in [-0.3, -0.25) is 4.99 Å². The van der Waals surface area contributed by atoms with Crippen LogP contribution in [0, 0.1) is 6.92 Å². The zero-order valence-electron chi connectivity index (χ0n) is 18.4. The average molecular weight is 526 g/mol. The Hall–Kier alpha value is -1.84. The van der Waals surface area contributed by atoms with E-state index in [-0.39, 0.29) is 24.0 Å². The summed E-state index contributed by atoms with van der Waals surface area (Å²) in [5.74, 6) is 3.77. The van der Waals surface area contributed by atoms with Gasteiger partial charge in [0.25, 0.3) is 0 Å². The van der Waals surface area contributed by atoms with E-state index in [9.17, 15) is 0 Å². The standard InChI is InChI=1S/C22H34N6O.HI/c1-4-5-8-13-29-19-14-17(2)10-11-18(19)15-24-22(23-3)25-16-21-27-26-20-9-6-7-12-28(20)21;/h10-11,14H,4-9,12-13,15-16H2,1-3H3,(H2,23,24,25);1H. The summed E-state index contributed by atoms with van der Waals surface area (Å²) in [7, 11) is 1.78. The third kappa shape index (κ3) is 6.85. The Morgan fingerprint density at radius 3 is 2.80 bits per heavy atom. The molecular formula is C22H35IN6O. The molecule has 1 aromatic heterocycles. The lowest BCUT2D eigenvalue weighted by molar-refractivity contribution is 0.303. The number of nitrogens with one attached hydrogen (secondary N) is 2. The number of fused-ring (bicyclic) bond motifs is 1. The number of aliphatic imine (C=N–C) groups is 1. The van der Waals surface area contributed by atoms with E-state index >= 15 is 0 Å². The number of hydrogen-bond acceptors (Lipinski definition) is 4. The molecule has 0 spiro atoms. The molecule has 0 unspecified atom stereocenters. The largest absolute Gasteiger partial charge is 0.493 e. The molecule has 0 saturated heterocycles. The SMILES string of the molecule is CCCCCOc1cc(C)ccc1CNC(=NC)NCc1nnc2n1CCCC2.I. The molecule has 1 aromatic carbocycles. The highest BCUT2D eigenvalue weighted by Crippen LogP contribution is 2.21. The van der Waals surface area contributed by atoms with Gasteiger partial charge in [-0.25, -0.2) is 0 Å². The predicted octanol–water partition coefficient (Wildman–Crippen LogP) is 3.98. The van der Waals surface area contributed by atoms with Gasteiger partial charge in [0.2, 0.25) is 0 Å². The topological polar surface area (TPSA) is 76.4 Å². The molecule has 2 N–H and O–H groups in total. The summed E-state index contributed by atoms with van der Waals surface area (Å²) < 4.78 is 8.27. The molecular weight excluding hydrogens is 491 g/mol. The lowest BCUT2D eigenvalue weighted by Gasteiger charge is -2.17. The molecule has 0 radical (unpaired) electrons. The average Bonchev–Trinajstić information content (AvgIpc) is 3.15. The van der Waals surface area contributed by atoms with Gasteiger partial charge in [-0.2, -0.15) is 0 Å². The van der Waals surface area contributed by atoms with Gasteiger partial charge in [-0.1, -0.05) is 31.9 Å². The minimum Gasteiger partial charge on any atom is -0.493 e. The van der Waals surface area contributed by atoms with Crippen molar-refractivity contribution in [2.75, 3.05) is 13.7 Å². The van der Waals surface area contributed by atoms with Crippen molar-refractivity contribution in [3.63, 3.8) is 0 Å². The number of halogens is 1. The number of guanidine groups is 1. The Bertz CT molecular complexity index is 820. The van der Waals surface area contributed by atoms with Crippen molar-refractivity contribution in [1.29, 1.82) is 0 Å². The van der Waals surface area contributed by atoms with E-state index in [1.807, 2.05) is 0 Å². The number of rotatable bonds is 9. The molecule has 7 nitrogen and oxygen atoms in total. The van der Waals surface area contributed by atoms with Crippen molar-refractivity contribution in [3.05, 3.63) is 41.0 Å². The molecule has 0 aliphatic carbocycles. The van der Waals surface area contributed by atoms with E-state index in [2.05, 4.69) is 62.4 Å². The number of aryl methyl sites for hydroxylation is 2. The van der Waals surface area contributed by atoms with E-state index in [4.69, 9.17) is 4.74 Å². The van der Waals surface area contributed by atoms with E-state index in [1.165, 1.54) is 31.2 Å². The van der Waals surface area contributed by atoms with Crippen LogP contribution in [0.4, 0.5) is 0 Å². The van der Waals surface area contributed by atoms with Crippen molar-refractivity contribution in [3.8, 4) is 5.75 Å². The second-order valence-corrected chi connectivity index (χ2v) is 7.59. The molecule has 0 amide bonds. The van der Waals surface area contributed by atoms with Gasteiger partial charge in [-0.05, 0) is 37.8 Å². The predicted molar refractivity (Wildman–Crippen MR) is 132 cm³/mol. The Kier molecular flexibility index (Phi) is 10.4. The van der Waals surface area contributed by atoms with Crippen molar-refractivity contribution >= 4 is 29.9 Å². The lowest BCUT2D eigenvalue weighted by atomic mass is 10.1. The summed E-state index contributed by atoms with van der Waals surface area (Å²) in [5.41, 5.74) is 2.34. The van der Waals surface area contributed by atoms with Crippen LogP contribution in [0.15, 0.2) is 23.2 Å². The van der Waals surface area contributed by atoms with E-state index in [0.717, 1.165) is 54.9 Å². The fraction of sp³-hybridized carbons (Fsp3) is 0.591. The zero-order chi connectivity index (χ0) is 20.5. The molecule has 1 aliphatic heterocycles. The number of nitrogens with zero attached hydrogens (tertiary/aromatic N) is 4. The third-order valence-electron chi connectivity index (χ3n) is 5.25. The maximum Gasteiger partial charge on any atom is 0.191 e. The van der Waals surface area contributed by atoms with Gasteiger partial charge in [0.05, 0.1) is 13.2 Å². The number of hydrogen-bond donors (Lipinski definition) is 2. The highest BCUT2D eigenvalue weighted by Gasteiger charge is 2.15. The summed E-state index contributed by atoms with van der Waals surface area (Å²) in [6, 6.07) is 6.36. The van der Waals surface area contributed by atoms with Gasteiger partial charge in [0.1, 0.15) is 11.6 Å². The van der Waals surface area contributed by atoms with Crippen LogP contribution in [0.5, 0.6) is 5.75 Å². The summed E-state index contributed by atoms with van der Waals surface area (Å²) in [4.78, 5) is 4.34. The van der Waals surface area contributed by atoms with Gasteiger partial charge in [0.15, 0.2) is 11.8 Å². The molecule has 0 bridgehead atoms. The summed E-state index contributed by atoms with van der Waals surface area (Å²) in [6.45, 7) is 7.33. The molecule has 30 heavy (non-hydrogen) atoms. The van der Waals surface area contributed by atoms with Crippen molar-refractivity contribution in [2.24, 2.45) is 4.99 Å². The van der Waals surface area contributed by atoms with Gasteiger partial charge in [0, 0.05) is 32.1 Å². The Balaban J connectivity index is 0.00000320. The minimum atomic E-state index is 0. The zero-order valence-corrected chi connectivity index (χ0v) is 20.7. The quantitative estimate of drug-likeness (QED) is 0.224. The Morgan fingerprint density at radius 1 is 1.17 bits per heavy atom. The molecule has 166 valence electrons. The van der Waals surface area contributed by atoms with Crippen LogP contribution in [0.3, 0.4) is 0 Å². The number of unbranched alkanes of at least 4 members (excludes halogenated alkanes) is 2. The molecule has 0 saturated carbocycles. The third-order valence-corrected chi connectivity index (χ3v) is 5.25. The van der Waals surface area contributed by atoms with E-state index in [0.29, 0.717) is 13.1 Å². The second kappa shape index (κ2) is 12.8. The molecule has 1 aliphatic rings. The number of ether oxygens (including phenoxy) is 1. The molecule has 3 rings (SSSR count). The smallest absolute Gasteiger partial charge is 0.191 e. The molecule has 0 atom stereocenters.